The van der Waals surface area contributed by atoms with Crippen molar-refractivity contribution in [2.45, 2.75) is 42.6 Å². The van der Waals surface area contributed by atoms with E-state index in [-0.39, 0.29) is 23.6 Å². The van der Waals surface area contributed by atoms with E-state index >= 15 is 0 Å². The zero-order valence-electron chi connectivity index (χ0n) is 19.4. The van der Waals surface area contributed by atoms with Crippen molar-refractivity contribution in [3.63, 3.8) is 0 Å². The summed E-state index contributed by atoms with van der Waals surface area (Å²) in [4.78, 5) is 33.3. The van der Waals surface area contributed by atoms with Crippen molar-refractivity contribution in [3.8, 4) is 5.75 Å². The highest BCUT2D eigenvalue weighted by Crippen LogP contribution is 2.27. The molecule has 0 saturated carbocycles. The Balaban J connectivity index is 1.59. The second-order valence-corrected chi connectivity index (χ2v) is 8.69. The van der Waals surface area contributed by atoms with Gasteiger partial charge in [-0.1, -0.05) is 0 Å². The second kappa shape index (κ2) is 13.0. The Morgan fingerprint density at radius 1 is 1.08 bits per heavy atom. The highest BCUT2D eigenvalue weighted by molar-refractivity contribution is 7.98. The summed E-state index contributed by atoms with van der Waals surface area (Å²) < 4.78 is 40.8. The summed E-state index contributed by atoms with van der Waals surface area (Å²) in [6.45, 7) is 0. The number of benzene rings is 1. The van der Waals surface area contributed by atoms with E-state index < -0.39 is 24.2 Å². The van der Waals surface area contributed by atoms with Crippen molar-refractivity contribution in [3.05, 3.63) is 72.1 Å². The van der Waals surface area contributed by atoms with Gasteiger partial charge in [0.2, 0.25) is 5.91 Å². The molecule has 5 N–H and O–H groups in total. The molecule has 2 aromatic heterocycles. The highest BCUT2D eigenvalue weighted by Gasteiger charge is 2.31. The fourth-order valence-corrected chi connectivity index (χ4v) is 4.01. The third-order valence-corrected chi connectivity index (χ3v) is 5.81. The minimum absolute atomic E-state index is 0.194. The normalized spacial score (nSPS) is 12.0. The molecule has 0 aliphatic carbocycles. The Kier molecular flexibility index (Phi) is 9.83. The molecule has 0 aliphatic rings. The number of thioether (sulfide) groups is 1. The molecule has 1 atom stereocenters. The van der Waals surface area contributed by atoms with Gasteiger partial charge in [-0.15, -0.1) is 24.9 Å². The lowest BCUT2D eigenvalue weighted by Crippen LogP contribution is -2.19. The van der Waals surface area contributed by atoms with Crippen LogP contribution in [0.15, 0.2) is 66.0 Å². The van der Waals surface area contributed by atoms with Crippen molar-refractivity contribution < 1.29 is 32.6 Å². The lowest BCUT2D eigenvalue weighted by Gasteiger charge is -2.11. The van der Waals surface area contributed by atoms with Gasteiger partial charge in [-0.05, 0) is 66.9 Å². The maximum Gasteiger partial charge on any atom is 0.573 e. The number of rotatable bonds is 11. The zero-order chi connectivity index (χ0) is 26.8. The Morgan fingerprint density at radius 2 is 1.84 bits per heavy atom. The van der Waals surface area contributed by atoms with Gasteiger partial charge >= 0.3 is 6.36 Å². The van der Waals surface area contributed by atoms with Gasteiger partial charge < -0.3 is 26.2 Å². The largest absolute Gasteiger partial charge is 0.573 e. The number of hydrogen-bond donors (Lipinski definition) is 4. The highest BCUT2D eigenvalue weighted by atomic mass is 32.2. The van der Waals surface area contributed by atoms with Crippen LogP contribution in [-0.4, -0.2) is 39.5 Å². The van der Waals surface area contributed by atoms with Crippen molar-refractivity contribution >= 4 is 35.1 Å². The molecule has 0 fully saturated rings. The van der Waals surface area contributed by atoms with E-state index in [1.807, 2.05) is 0 Å². The summed E-state index contributed by atoms with van der Waals surface area (Å²) in [5, 5.41) is 14.8. The van der Waals surface area contributed by atoms with Crippen LogP contribution in [0.2, 0.25) is 0 Å². The zero-order valence-corrected chi connectivity index (χ0v) is 20.2. The molecule has 1 unspecified atom stereocenters. The number of carbonyl (C=O) groups excluding carboxylic acids is 2. The van der Waals surface area contributed by atoms with Crippen LogP contribution in [0.1, 0.15) is 35.2 Å². The minimum Gasteiger partial charge on any atom is -0.406 e. The number of hydrogen-bond acceptors (Lipinski definition) is 8. The Hall–Kier alpha value is -3.68. The first-order chi connectivity index (χ1) is 17.6. The third-order valence-electron chi connectivity index (χ3n) is 4.73. The van der Waals surface area contributed by atoms with Crippen molar-refractivity contribution in [2.75, 3.05) is 10.6 Å². The van der Waals surface area contributed by atoms with Gasteiger partial charge in [0, 0.05) is 30.3 Å². The lowest BCUT2D eigenvalue weighted by atomic mass is 10.2. The number of ether oxygens (including phenoxy) is 1. The molecule has 2 heterocycles. The average Bonchev–Trinajstić information content (AvgIpc) is 2.83. The van der Waals surface area contributed by atoms with Crippen molar-refractivity contribution in [2.24, 2.45) is 5.73 Å². The van der Waals surface area contributed by atoms with Crippen molar-refractivity contribution in [1.82, 2.24) is 9.97 Å². The van der Waals surface area contributed by atoms with E-state index in [1.165, 1.54) is 23.9 Å². The van der Waals surface area contributed by atoms with Crippen LogP contribution in [0.3, 0.4) is 0 Å². The molecule has 3 rings (SSSR count). The van der Waals surface area contributed by atoms with E-state index in [1.54, 1.807) is 36.7 Å². The van der Waals surface area contributed by atoms with Gasteiger partial charge in [0.25, 0.3) is 5.91 Å². The number of carbonyl (C=O) groups is 2. The molecule has 37 heavy (non-hydrogen) atoms. The van der Waals surface area contributed by atoms with Gasteiger partial charge in [-0.25, -0.2) is 9.97 Å². The number of nitrogens with two attached hydrogens (primary N) is 1. The summed E-state index contributed by atoms with van der Waals surface area (Å²) >= 11 is 1.29. The maximum absolute atomic E-state index is 12.8. The van der Waals surface area contributed by atoms with E-state index in [2.05, 4.69) is 25.3 Å². The number of nitrogens with zero attached hydrogens (tertiary/aromatic N) is 2. The number of alkyl halides is 3. The molecular weight excluding hydrogens is 511 g/mol. The first-order valence-electron chi connectivity index (χ1n) is 11.0. The standard InChI is InChI=1S/C24H24F3N5O4S/c25-24(26,27)36-17-8-6-16(7-9-17)31-22(35)18-3-2-11-30-23(18)37-14-15-10-12-29-20(13-15)32-21(34)5-1-4-19(28)33/h2-3,6-13,19,33H,1,4-5,14,28H2,(H,31,35)(H,29,32,34). The molecule has 9 nitrogen and oxygen atoms in total. The second-order valence-electron chi connectivity index (χ2n) is 7.73. The number of aliphatic hydroxyl groups excluding tert-OH is 1. The number of aromatic nitrogens is 2. The Bertz CT molecular complexity index is 1210. The summed E-state index contributed by atoms with van der Waals surface area (Å²) in [6, 6.07) is 11.5. The summed E-state index contributed by atoms with van der Waals surface area (Å²) in [6.07, 6.45) is -1.72. The number of aliphatic hydroxyl groups is 1. The fourth-order valence-electron chi connectivity index (χ4n) is 3.08. The van der Waals surface area contributed by atoms with Crippen LogP contribution in [0.5, 0.6) is 5.75 Å². The third kappa shape index (κ3) is 9.71. The first kappa shape index (κ1) is 27.9. The molecular formula is C24H24F3N5O4S. The van der Waals surface area contributed by atoms with E-state index in [4.69, 9.17) is 10.8 Å². The predicted octanol–water partition coefficient (Wildman–Crippen LogP) is 4.31. The lowest BCUT2D eigenvalue weighted by molar-refractivity contribution is -0.274. The van der Waals surface area contributed by atoms with Crippen LogP contribution < -0.4 is 21.1 Å². The molecule has 0 bridgehead atoms. The number of nitrogens with one attached hydrogen (secondary N) is 2. The molecule has 2 amide bonds. The summed E-state index contributed by atoms with van der Waals surface area (Å²) in [7, 11) is 0. The van der Waals surface area contributed by atoms with Gasteiger partial charge in [0.1, 0.15) is 22.8 Å². The molecule has 13 heteroatoms. The quantitative estimate of drug-likeness (QED) is 0.210. The van der Waals surface area contributed by atoms with Crippen LogP contribution in [0.4, 0.5) is 24.7 Å². The Labute approximate surface area is 214 Å². The summed E-state index contributed by atoms with van der Waals surface area (Å²) in [5.41, 5.74) is 6.66. The van der Waals surface area contributed by atoms with Gasteiger partial charge in [0.15, 0.2) is 0 Å². The van der Waals surface area contributed by atoms with E-state index in [0.29, 0.717) is 29.4 Å². The molecule has 0 aliphatic heterocycles. The molecule has 0 spiro atoms. The summed E-state index contributed by atoms with van der Waals surface area (Å²) in [5.74, 6) is -0.338. The van der Waals surface area contributed by atoms with Crippen LogP contribution >= 0.6 is 11.8 Å². The number of pyridine rings is 2. The number of halogens is 3. The van der Waals surface area contributed by atoms with E-state index in [0.717, 1.165) is 17.7 Å². The van der Waals surface area contributed by atoms with Crippen molar-refractivity contribution in [1.29, 1.82) is 0 Å². The SMILES string of the molecule is NC(O)CCCC(=O)Nc1cc(CSc2ncccc2C(=O)Nc2ccc(OC(F)(F)F)cc2)ccn1. The van der Waals surface area contributed by atoms with Crippen LogP contribution in [-0.2, 0) is 10.5 Å². The number of amides is 2. The Morgan fingerprint density at radius 3 is 2.54 bits per heavy atom. The molecule has 196 valence electrons. The van der Waals surface area contributed by atoms with Crippen LogP contribution in [0, 0.1) is 0 Å². The molecule has 1 aromatic carbocycles. The first-order valence-corrected chi connectivity index (χ1v) is 12.0. The van der Waals surface area contributed by atoms with Crippen LogP contribution in [0.25, 0.3) is 0 Å². The average molecular weight is 536 g/mol. The topological polar surface area (TPSA) is 139 Å². The minimum atomic E-state index is -4.80. The van der Waals surface area contributed by atoms with Gasteiger partial charge in [-0.2, -0.15) is 0 Å². The van der Waals surface area contributed by atoms with Gasteiger partial charge in [-0.3, -0.25) is 9.59 Å². The predicted molar refractivity (Wildman–Crippen MR) is 132 cm³/mol. The smallest absolute Gasteiger partial charge is 0.406 e. The molecule has 3 aromatic rings. The number of anilines is 2. The van der Waals surface area contributed by atoms with Gasteiger partial charge in [0.05, 0.1) is 5.56 Å². The molecule has 0 saturated heterocycles. The monoisotopic (exact) mass is 535 g/mol. The molecule has 0 radical (unpaired) electrons. The van der Waals surface area contributed by atoms with E-state index in [9.17, 15) is 22.8 Å². The fraction of sp³-hybridized carbons (Fsp3) is 0.250. The maximum atomic E-state index is 12.8.